The molecule has 0 saturated carbocycles. The smallest absolute Gasteiger partial charge is 0.312 e. The van der Waals surface area contributed by atoms with Gasteiger partial charge in [-0.2, -0.15) is 4.98 Å². The molecule has 0 spiro atoms. The minimum absolute atomic E-state index is 0.177. The number of aryl methyl sites for hydroxylation is 1. The van der Waals surface area contributed by atoms with E-state index in [0.29, 0.717) is 11.7 Å². The number of aromatic nitrogens is 2. The van der Waals surface area contributed by atoms with E-state index < -0.39 is 6.03 Å². The SMILES string of the molecule is Cc1noc(CNC(N)=O)n1. The van der Waals surface area contributed by atoms with E-state index in [9.17, 15) is 4.79 Å². The Morgan fingerprint density at radius 3 is 3.00 bits per heavy atom. The maximum Gasteiger partial charge on any atom is 0.312 e. The summed E-state index contributed by atoms with van der Waals surface area (Å²) in [4.78, 5) is 14.0. The van der Waals surface area contributed by atoms with E-state index in [1.54, 1.807) is 6.92 Å². The van der Waals surface area contributed by atoms with Gasteiger partial charge in [-0.05, 0) is 6.92 Å². The van der Waals surface area contributed by atoms with Gasteiger partial charge in [-0.25, -0.2) is 4.79 Å². The van der Waals surface area contributed by atoms with E-state index >= 15 is 0 Å². The highest BCUT2D eigenvalue weighted by atomic mass is 16.5. The molecule has 1 rings (SSSR count). The first kappa shape index (κ1) is 7.52. The van der Waals surface area contributed by atoms with Crippen molar-refractivity contribution in [1.29, 1.82) is 0 Å². The number of carbonyl (C=O) groups is 1. The molecule has 0 fully saturated rings. The maximum absolute atomic E-state index is 10.2. The van der Waals surface area contributed by atoms with Gasteiger partial charge in [0.05, 0.1) is 6.54 Å². The van der Waals surface area contributed by atoms with Crippen molar-refractivity contribution < 1.29 is 9.32 Å². The molecule has 1 aromatic rings. The molecule has 1 heterocycles. The number of carbonyl (C=O) groups excluding carboxylic acids is 1. The van der Waals surface area contributed by atoms with Crippen LogP contribution in [0.5, 0.6) is 0 Å². The van der Waals surface area contributed by atoms with Crippen LogP contribution < -0.4 is 11.1 Å². The molecule has 0 bridgehead atoms. The number of hydrogen-bond acceptors (Lipinski definition) is 4. The van der Waals surface area contributed by atoms with E-state index in [0.717, 1.165) is 0 Å². The summed E-state index contributed by atoms with van der Waals surface area (Å²) in [5, 5.41) is 5.83. The fourth-order valence-electron chi connectivity index (χ4n) is 0.575. The molecule has 0 atom stereocenters. The van der Waals surface area contributed by atoms with E-state index in [1.165, 1.54) is 0 Å². The lowest BCUT2D eigenvalue weighted by Crippen LogP contribution is -2.28. The highest BCUT2D eigenvalue weighted by Gasteiger charge is 2.01. The lowest BCUT2D eigenvalue weighted by atomic mass is 10.6. The van der Waals surface area contributed by atoms with Gasteiger partial charge in [-0.1, -0.05) is 5.16 Å². The van der Waals surface area contributed by atoms with Crippen molar-refractivity contribution in [2.75, 3.05) is 0 Å². The van der Waals surface area contributed by atoms with Crippen molar-refractivity contribution >= 4 is 6.03 Å². The Morgan fingerprint density at radius 2 is 2.55 bits per heavy atom. The molecule has 0 aliphatic carbocycles. The van der Waals surface area contributed by atoms with Gasteiger partial charge in [0.2, 0.25) is 5.89 Å². The highest BCUT2D eigenvalue weighted by molar-refractivity contribution is 5.71. The van der Waals surface area contributed by atoms with Crippen LogP contribution in [0.2, 0.25) is 0 Å². The number of nitrogens with one attached hydrogen (secondary N) is 1. The second kappa shape index (κ2) is 3.00. The van der Waals surface area contributed by atoms with Crippen LogP contribution in [0.25, 0.3) is 0 Å². The van der Waals surface area contributed by atoms with Gasteiger partial charge in [0.15, 0.2) is 5.82 Å². The predicted molar refractivity (Wildman–Crippen MR) is 35.5 cm³/mol. The Bertz CT molecular complexity index is 257. The summed E-state index contributed by atoms with van der Waals surface area (Å²) in [5.41, 5.74) is 4.81. The summed E-state index contributed by atoms with van der Waals surface area (Å²) in [6.45, 7) is 1.87. The number of rotatable bonds is 2. The third kappa shape index (κ3) is 2.24. The van der Waals surface area contributed by atoms with Gasteiger partial charge in [-0.15, -0.1) is 0 Å². The maximum atomic E-state index is 10.2. The first-order chi connectivity index (χ1) is 5.18. The molecule has 3 N–H and O–H groups in total. The summed E-state index contributed by atoms with van der Waals surface area (Å²) >= 11 is 0. The van der Waals surface area contributed by atoms with Crippen molar-refractivity contribution in [2.45, 2.75) is 13.5 Å². The van der Waals surface area contributed by atoms with Crippen LogP contribution in [0, 0.1) is 6.92 Å². The minimum Gasteiger partial charge on any atom is -0.352 e. The van der Waals surface area contributed by atoms with Crippen LogP contribution in [0.3, 0.4) is 0 Å². The van der Waals surface area contributed by atoms with Gasteiger partial charge in [0.1, 0.15) is 0 Å². The molecule has 0 unspecified atom stereocenters. The number of hydrogen-bond donors (Lipinski definition) is 2. The molecular weight excluding hydrogens is 148 g/mol. The zero-order chi connectivity index (χ0) is 8.27. The van der Waals surface area contributed by atoms with Gasteiger partial charge >= 0.3 is 6.03 Å². The first-order valence-corrected chi connectivity index (χ1v) is 3.01. The molecule has 60 valence electrons. The van der Waals surface area contributed by atoms with Crippen molar-refractivity contribution in [3.05, 3.63) is 11.7 Å². The van der Waals surface area contributed by atoms with Crippen molar-refractivity contribution in [3.8, 4) is 0 Å². The molecule has 6 heteroatoms. The molecule has 0 aliphatic heterocycles. The van der Waals surface area contributed by atoms with Crippen LogP contribution in [0.1, 0.15) is 11.7 Å². The van der Waals surface area contributed by atoms with E-state index in [2.05, 4.69) is 20.0 Å². The molecular formula is C5H8N4O2. The zero-order valence-corrected chi connectivity index (χ0v) is 6.00. The van der Waals surface area contributed by atoms with Gasteiger partial charge in [0, 0.05) is 0 Å². The Hall–Kier alpha value is -1.59. The van der Waals surface area contributed by atoms with E-state index in [-0.39, 0.29) is 6.54 Å². The standard InChI is InChI=1S/C5H8N4O2/c1-3-8-4(11-9-3)2-7-5(6)10/h2H2,1H3,(H3,6,7,10). The Labute approximate surface area is 62.8 Å². The third-order valence-electron chi connectivity index (χ3n) is 0.983. The lowest BCUT2D eigenvalue weighted by Gasteiger charge is -1.93. The predicted octanol–water partition coefficient (Wildman–Crippen LogP) is -0.454. The fraction of sp³-hybridized carbons (Fsp3) is 0.400. The molecule has 11 heavy (non-hydrogen) atoms. The van der Waals surface area contributed by atoms with Crippen LogP contribution in [-0.2, 0) is 6.54 Å². The lowest BCUT2D eigenvalue weighted by molar-refractivity contribution is 0.246. The Kier molecular flexibility index (Phi) is 2.05. The number of nitrogens with two attached hydrogens (primary N) is 1. The molecule has 6 nitrogen and oxygen atoms in total. The number of urea groups is 1. The summed E-state index contributed by atoms with van der Waals surface area (Å²) in [5.74, 6) is 0.882. The molecule has 2 amide bonds. The molecule has 0 saturated heterocycles. The van der Waals surface area contributed by atoms with Gasteiger partial charge in [0.25, 0.3) is 0 Å². The average Bonchev–Trinajstić information content (AvgIpc) is 2.31. The normalized spacial score (nSPS) is 9.55. The molecule has 1 aromatic heterocycles. The average molecular weight is 156 g/mol. The highest BCUT2D eigenvalue weighted by Crippen LogP contribution is 1.93. The van der Waals surface area contributed by atoms with Crippen LogP contribution >= 0.6 is 0 Å². The van der Waals surface area contributed by atoms with Crippen LogP contribution in [0.4, 0.5) is 4.79 Å². The van der Waals surface area contributed by atoms with E-state index in [4.69, 9.17) is 5.73 Å². The number of primary amides is 1. The fourth-order valence-corrected chi connectivity index (χ4v) is 0.575. The molecule has 0 radical (unpaired) electrons. The van der Waals surface area contributed by atoms with Crippen molar-refractivity contribution in [3.63, 3.8) is 0 Å². The molecule has 0 aromatic carbocycles. The minimum atomic E-state index is -0.610. The van der Waals surface area contributed by atoms with Crippen LogP contribution in [-0.4, -0.2) is 16.2 Å². The Morgan fingerprint density at radius 1 is 1.82 bits per heavy atom. The summed E-state index contributed by atoms with van der Waals surface area (Å²) in [6.07, 6.45) is 0. The van der Waals surface area contributed by atoms with E-state index in [1.807, 2.05) is 0 Å². The first-order valence-electron chi connectivity index (χ1n) is 3.01. The number of nitrogens with zero attached hydrogens (tertiary/aromatic N) is 2. The van der Waals surface area contributed by atoms with Crippen LogP contribution in [0.15, 0.2) is 4.52 Å². The quantitative estimate of drug-likeness (QED) is 0.606. The third-order valence-corrected chi connectivity index (χ3v) is 0.983. The summed E-state index contributed by atoms with van der Waals surface area (Å²) in [6, 6.07) is -0.610. The second-order valence-electron chi connectivity index (χ2n) is 1.95. The monoisotopic (exact) mass is 156 g/mol. The topological polar surface area (TPSA) is 94.0 Å². The molecule has 0 aliphatic rings. The number of amides is 2. The summed E-state index contributed by atoms with van der Waals surface area (Å²) in [7, 11) is 0. The zero-order valence-electron chi connectivity index (χ0n) is 6.00. The van der Waals surface area contributed by atoms with Gasteiger partial charge < -0.3 is 15.6 Å². The van der Waals surface area contributed by atoms with Crippen molar-refractivity contribution in [1.82, 2.24) is 15.5 Å². The van der Waals surface area contributed by atoms with Crippen molar-refractivity contribution in [2.24, 2.45) is 5.73 Å². The Balaban J connectivity index is 2.45. The summed E-state index contributed by atoms with van der Waals surface area (Å²) < 4.78 is 4.68. The van der Waals surface area contributed by atoms with Gasteiger partial charge in [-0.3, -0.25) is 0 Å². The largest absolute Gasteiger partial charge is 0.352 e. The second-order valence-corrected chi connectivity index (χ2v) is 1.95.